The van der Waals surface area contributed by atoms with Crippen LogP contribution in [0.1, 0.15) is 24.0 Å². The third-order valence-corrected chi connectivity index (χ3v) is 3.67. The van der Waals surface area contributed by atoms with Crippen LogP contribution in [0.4, 0.5) is 5.69 Å². The molecule has 0 aliphatic heterocycles. The highest BCUT2D eigenvalue weighted by Gasteiger charge is 2.09. The van der Waals surface area contributed by atoms with Crippen LogP contribution in [0.25, 0.3) is 0 Å². The van der Waals surface area contributed by atoms with Gasteiger partial charge in [-0.05, 0) is 37.6 Å². The molecule has 142 valence electrons. The molecule has 0 radical (unpaired) electrons. The Kier molecular flexibility index (Phi) is 7.37. The fraction of sp³-hybridized carbons (Fsp3) is 0.250. The zero-order valence-corrected chi connectivity index (χ0v) is 15.4. The Bertz CT molecular complexity index is 806. The molecular weight excluding hydrogens is 346 g/mol. The molecule has 0 fully saturated rings. The first-order chi connectivity index (χ1) is 12.9. The number of nitrogens with one attached hydrogen (secondary N) is 3. The Balaban J connectivity index is 1.64. The van der Waals surface area contributed by atoms with Crippen LogP contribution in [0.3, 0.4) is 0 Å². The molecule has 2 aromatic carbocycles. The number of rotatable bonds is 7. The highest BCUT2D eigenvalue weighted by atomic mass is 16.5. The maximum atomic E-state index is 11.8. The van der Waals surface area contributed by atoms with Crippen molar-refractivity contribution >= 4 is 23.4 Å². The number of hydrogen-bond donors (Lipinski definition) is 3. The minimum absolute atomic E-state index is 0.00958. The van der Waals surface area contributed by atoms with E-state index in [1.54, 1.807) is 30.3 Å². The Labute approximate surface area is 158 Å². The lowest BCUT2D eigenvalue weighted by Gasteiger charge is -2.11. The number of aryl methyl sites for hydroxylation is 2. The second-order valence-electron chi connectivity index (χ2n) is 6.07. The lowest BCUT2D eigenvalue weighted by molar-refractivity contribution is -0.130. The van der Waals surface area contributed by atoms with Crippen molar-refractivity contribution < 1.29 is 19.1 Å². The third kappa shape index (κ3) is 7.19. The average molecular weight is 369 g/mol. The third-order valence-electron chi connectivity index (χ3n) is 3.67. The minimum Gasteiger partial charge on any atom is -0.483 e. The fourth-order valence-corrected chi connectivity index (χ4v) is 2.31. The van der Waals surface area contributed by atoms with Gasteiger partial charge in [-0.3, -0.25) is 25.2 Å². The molecule has 0 heterocycles. The molecule has 0 atom stereocenters. The quantitative estimate of drug-likeness (QED) is 0.652. The highest BCUT2D eigenvalue weighted by molar-refractivity contribution is 5.93. The van der Waals surface area contributed by atoms with Gasteiger partial charge in [-0.15, -0.1) is 0 Å². The summed E-state index contributed by atoms with van der Waals surface area (Å²) >= 11 is 0. The van der Waals surface area contributed by atoms with E-state index in [9.17, 15) is 14.4 Å². The van der Waals surface area contributed by atoms with Crippen LogP contribution in [0, 0.1) is 13.8 Å². The molecule has 2 aromatic rings. The van der Waals surface area contributed by atoms with Crippen LogP contribution < -0.4 is 20.9 Å². The van der Waals surface area contributed by atoms with Crippen molar-refractivity contribution in [1.82, 2.24) is 10.9 Å². The number of carbonyl (C=O) groups excluding carboxylic acids is 3. The van der Waals surface area contributed by atoms with E-state index in [2.05, 4.69) is 16.2 Å². The molecule has 0 unspecified atom stereocenters. The van der Waals surface area contributed by atoms with Gasteiger partial charge < -0.3 is 10.1 Å². The zero-order valence-electron chi connectivity index (χ0n) is 15.4. The predicted octanol–water partition coefficient (Wildman–Crippen LogP) is 2.25. The lowest BCUT2D eigenvalue weighted by Crippen LogP contribution is -2.44. The molecule has 0 bridgehead atoms. The SMILES string of the molecule is Cc1ccc(OCC(=O)NNC(=O)CCC(=O)Nc2ccccc2)c(C)c1. The van der Waals surface area contributed by atoms with E-state index >= 15 is 0 Å². The van der Waals surface area contributed by atoms with Crippen molar-refractivity contribution in [3.63, 3.8) is 0 Å². The second-order valence-corrected chi connectivity index (χ2v) is 6.07. The number of anilines is 1. The van der Waals surface area contributed by atoms with Crippen LogP contribution in [-0.2, 0) is 14.4 Å². The predicted molar refractivity (Wildman–Crippen MR) is 102 cm³/mol. The smallest absolute Gasteiger partial charge is 0.276 e. The van der Waals surface area contributed by atoms with Gasteiger partial charge in [0.2, 0.25) is 11.8 Å². The Morgan fingerprint density at radius 1 is 0.852 bits per heavy atom. The van der Waals surface area contributed by atoms with Gasteiger partial charge in [0.1, 0.15) is 5.75 Å². The maximum Gasteiger partial charge on any atom is 0.276 e. The number of para-hydroxylation sites is 1. The summed E-state index contributed by atoms with van der Waals surface area (Å²) in [6, 6.07) is 14.6. The van der Waals surface area contributed by atoms with Crippen LogP contribution in [-0.4, -0.2) is 24.3 Å². The molecular formula is C20H23N3O4. The van der Waals surface area contributed by atoms with Gasteiger partial charge in [-0.2, -0.15) is 0 Å². The van der Waals surface area contributed by atoms with Crippen LogP contribution in [0.5, 0.6) is 5.75 Å². The van der Waals surface area contributed by atoms with Crippen molar-refractivity contribution in [3.05, 3.63) is 59.7 Å². The highest BCUT2D eigenvalue weighted by Crippen LogP contribution is 2.18. The first-order valence-electron chi connectivity index (χ1n) is 8.56. The lowest BCUT2D eigenvalue weighted by atomic mass is 10.1. The van der Waals surface area contributed by atoms with Crippen molar-refractivity contribution in [3.8, 4) is 5.75 Å². The van der Waals surface area contributed by atoms with Gasteiger partial charge in [-0.1, -0.05) is 35.9 Å². The van der Waals surface area contributed by atoms with Gasteiger partial charge in [0.25, 0.3) is 5.91 Å². The van der Waals surface area contributed by atoms with E-state index in [1.807, 2.05) is 32.0 Å². The molecule has 0 aliphatic rings. The number of carbonyl (C=O) groups is 3. The Hall–Kier alpha value is -3.35. The summed E-state index contributed by atoms with van der Waals surface area (Å²) in [5, 5.41) is 2.68. The summed E-state index contributed by atoms with van der Waals surface area (Å²) in [5.41, 5.74) is 7.22. The number of benzene rings is 2. The van der Waals surface area contributed by atoms with Gasteiger partial charge >= 0.3 is 0 Å². The topological polar surface area (TPSA) is 96.5 Å². The summed E-state index contributed by atoms with van der Waals surface area (Å²) in [5.74, 6) is -0.615. The van der Waals surface area contributed by atoms with Crippen LogP contribution in [0.15, 0.2) is 48.5 Å². The first-order valence-corrected chi connectivity index (χ1v) is 8.56. The molecule has 0 aliphatic carbocycles. The van der Waals surface area contributed by atoms with Crippen molar-refractivity contribution in [2.45, 2.75) is 26.7 Å². The van der Waals surface area contributed by atoms with E-state index in [1.165, 1.54) is 0 Å². The van der Waals surface area contributed by atoms with Crippen LogP contribution >= 0.6 is 0 Å². The molecule has 3 amide bonds. The monoisotopic (exact) mass is 369 g/mol. The van der Waals surface area contributed by atoms with Gasteiger partial charge in [0.15, 0.2) is 6.61 Å². The van der Waals surface area contributed by atoms with E-state index in [0.29, 0.717) is 11.4 Å². The number of hydrogen-bond acceptors (Lipinski definition) is 4. The van der Waals surface area contributed by atoms with Crippen LogP contribution in [0.2, 0.25) is 0 Å². The van der Waals surface area contributed by atoms with E-state index in [4.69, 9.17) is 4.74 Å². The Morgan fingerprint density at radius 3 is 2.22 bits per heavy atom. The summed E-state index contributed by atoms with van der Waals surface area (Å²) < 4.78 is 5.42. The molecule has 3 N–H and O–H groups in total. The summed E-state index contributed by atoms with van der Waals surface area (Å²) in [7, 11) is 0. The second kappa shape index (κ2) is 9.96. The normalized spacial score (nSPS) is 10.0. The molecule has 7 heteroatoms. The summed E-state index contributed by atoms with van der Waals surface area (Å²) in [4.78, 5) is 35.2. The van der Waals surface area contributed by atoms with Gasteiger partial charge in [-0.25, -0.2) is 0 Å². The Morgan fingerprint density at radius 2 is 1.52 bits per heavy atom. The van der Waals surface area contributed by atoms with Crippen molar-refractivity contribution in [2.75, 3.05) is 11.9 Å². The average Bonchev–Trinajstić information content (AvgIpc) is 2.65. The summed E-state index contributed by atoms with van der Waals surface area (Å²) in [6.45, 7) is 3.64. The minimum atomic E-state index is -0.489. The van der Waals surface area contributed by atoms with E-state index < -0.39 is 11.8 Å². The van der Waals surface area contributed by atoms with E-state index in [-0.39, 0.29) is 25.4 Å². The van der Waals surface area contributed by atoms with Gasteiger partial charge in [0, 0.05) is 18.5 Å². The molecule has 27 heavy (non-hydrogen) atoms. The van der Waals surface area contributed by atoms with Crippen molar-refractivity contribution in [1.29, 1.82) is 0 Å². The molecule has 0 saturated heterocycles. The summed E-state index contributed by atoms with van der Waals surface area (Å²) in [6.07, 6.45) is -0.0352. The van der Waals surface area contributed by atoms with Gasteiger partial charge in [0.05, 0.1) is 0 Å². The number of hydrazine groups is 1. The largest absolute Gasteiger partial charge is 0.483 e. The molecule has 2 rings (SSSR count). The standard InChI is InChI=1S/C20H23N3O4/c1-14-8-9-17(15(2)12-14)27-13-20(26)23-22-19(25)11-10-18(24)21-16-6-4-3-5-7-16/h3-9,12H,10-11,13H2,1-2H3,(H,21,24)(H,22,25)(H,23,26). The molecule has 0 saturated carbocycles. The zero-order chi connectivity index (χ0) is 19.6. The van der Waals surface area contributed by atoms with E-state index in [0.717, 1.165) is 11.1 Å². The maximum absolute atomic E-state index is 11.8. The number of ether oxygens (including phenoxy) is 1. The molecule has 7 nitrogen and oxygen atoms in total. The van der Waals surface area contributed by atoms with Crippen molar-refractivity contribution in [2.24, 2.45) is 0 Å². The first kappa shape index (κ1) is 20.0. The molecule has 0 aromatic heterocycles. The fourth-order valence-electron chi connectivity index (χ4n) is 2.31. The number of amides is 3. The molecule has 0 spiro atoms.